The van der Waals surface area contributed by atoms with Gasteiger partial charge in [-0.25, -0.2) is 0 Å². The number of hydrogen-bond donors (Lipinski definition) is 1. The number of nitrogens with zero attached hydrogens (tertiary/aromatic N) is 2. The Morgan fingerprint density at radius 1 is 1.18 bits per heavy atom. The first-order valence-electron chi connectivity index (χ1n) is 7.10. The predicted molar refractivity (Wildman–Crippen MR) is 75.2 cm³/mol. The molecule has 2 N–H and O–H groups in total. The van der Waals surface area contributed by atoms with Gasteiger partial charge in [0.15, 0.2) is 0 Å². The zero-order chi connectivity index (χ0) is 13.1. The van der Waals surface area contributed by atoms with Crippen LogP contribution in [0.2, 0.25) is 0 Å². The lowest BCUT2D eigenvalue weighted by Crippen LogP contribution is -2.55. The van der Waals surface area contributed by atoms with Gasteiger partial charge < -0.3 is 10.6 Å². The summed E-state index contributed by atoms with van der Waals surface area (Å²) >= 11 is 0. The summed E-state index contributed by atoms with van der Waals surface area (Å²) in [6.45, 7) is 12.3. The van der Waals surface area contributed by atoms with Crippen molar-refractivity contribution in [3.63, 3.8) is 0 Å². The fourth-order valence-corrected chi connectivity index (χ4v) is 2.96. The van der Waals surface area contributed by atoms with Crippen LogP contribution in [0.25, 0.3) is 0 Å². The molecule has 0 aromatic carbocycles. The van der Waals surface area contributed by atoms with Crippen LogP contribution in [0.4, 0.5) is 0 Å². The summed E-state index contributed by atoms with van der Waals surface area (Å²) in [5.74, 6) is 0. The molecule has 0 radical (unpaired) electrons. The van der Waals surface area contributed by atoms with Gasteiger partial charge in [0.2, 0.25) is 0 Å². The molecule has 3 heteroatoms. The van der Waals surface area contributed by atoms with Crippen LogP contribution in [0.3, 0.4) is 0 Å². The third-order valence-electron chi connectivity index (χ3n) is 4.58. The van der Waals surface area contributed by atoms with E-state index in [9.17, 15) is 0 Å². The summed E-state index contributed by atoms with van der Waals surface area (Å²) in [5, 5.41) is 0. The summed E-state index contributed by atoms with van der Waals surface area (Å²) in [4.78, 5) is 5.09. The molecule has 3 nitrogen and oxygen atoms in total. The Labute approximate surface area is 107 Å². The van der Waals surface area contributed by atoms with E-state index in [4.69, 9.17) is 5.73 Å². The van der Waals surface area contributed by atoms with E-state index in [0.29, 0.717) is 12.1 Å². The molecule has 0 amide bonds. The minimum absolute atomic E-state index is 0.220. The number of nitrogens with two attached hydrogens (primary N) is 1. The van der Waals surface area contributed by atoms with E-state index < -0.39 is 0 Å². The second-order valence-electron chi connectivity index (χ2n) is 6.12. The average molecular weight is 241 g/mol. The lowest BCUT2D eigenvalue weighted by Gasteiger charge is -2.43. The minimum Gasteiger partial charge on any atom is -0.329 e. The zero-order valence-corrected chi connectivity index (χ0v) is 12.4. The van der Waals surface area contributed by atoms with Gasteiger partial charge in [0.25, 0.3) is 0 Å². The molecule has 0 spiro atoms. The van der Waals surface area contributed by atoms with Crippen molar-refractivity contribution < 1.29 is 0 Å². The van der Waals surface area contributed by atoms with Gasteiger partial charge in [0.05, 0.1) is 0 Å². The molecule has 0 aromatic rings. The maximum Gasteiger partial charge on any atom is 0.0344 e. The molecule has 1 rings (SSSR count). The van der Waals surface area contributed by atoms with Gasteiger partial charge >= 0.3 is 0 Å². The SMILES string of the molecule is CC(C)N1CCCC(CN)(N(C)C(C)C)CC1. The summed E-state index contributed by atoms with van der Waals surface area (Å²) in [6, 6.07) is 1.23. The molecule has 1 atom stereocenters. The van der Waals surface area contributed by atoms with E-state index in [-0.39, 0.29) is 5.54 Å². The Morgan fingerprint density at radius 2 is 1.82 bits per heavy atom. The largest absolute Gasteiger partial charge is 0.329 e. The van der Waals surface area contributed by atoms with Crippen molar-refractivity contribution in [3.05, 3.63) is 0 Å². The second kappa shape index (κ2) is 6.17. The number of hydrogen-bond acceptors (Lipinski definition) is 3. The summed E-state index contributed by atoms with van der Waals surface area (Å²) in [5.41, 5.74) is 6.33. The number of likely N-dealkylation sites (tertiary alicyclic amines) is 1. The highest BCUT2D eigenvalue weighted by Gasteiger charge is 2.36. The molecule has 0 bridgehead atoms. The Balaban J connectivity index is 2.74. The molecule has 1 fully saturated rings. The predicted octanol–water partition coefficient (Wildman–Crippen LogP) is 1.92. The normalized spacial score (nSPS) is 28.1. The van der Waals surface area contributed by atoms with Crippen LogP contribution in [0, 0.1) is 0 Å². The van der Waals surface area contributed by atoms with Crippen LogP contribution < -0.4 is 5.73 Å². The highest BCUT2D eigenvalue weighted by Crippen LogP contribution is 2.29. The van der Waals surface area contributed by atoms with Crippen LogP contribution in [0.5, 0.6) is 0 Å². The van der Waals surface area contributed by atoms with Crippen LogP contribution in [-0.4, -0.2) is 54.1 Å². The lowest BCUT2D eigenvalue weighted by atomic mass is 9.88. The monoisotopic (exact) mass is 241 g/mol. The van der Waals surface area contributed by atoms with Crippen molar-refractivity contribution in [1.29, 1.82) is 0 Å². The second-order valence-corrected chi connectivity index (χ2v) is 6.12. The highest BCUT2D eigenvalue weighted by atomic mass is 15.2. The highest BCUT2D eigenvalue weighted by molar-refractivity contribution is 4.94. The van der Waals surface area contributed by atoms with E-state index in [1.807, 2.05) is 0 Å². The summed E-state index contributed by atoms with van der Waals surface area (Å²) in [7, 11) is 2.24. The third kappa shape index (κ3) is 3.43. The van der Waals surface area contributed by atoms with Crippen molar-refractivity contribution in [2.24, 2.45) is 5.73 Å². The van der Waals surface area contributed by atoms with Gasteiger partial charge in [0, 0.05) is 30.7 Å². The third-order valence-corrected chi connectivity index (χ3v) is 4.58. The van der Waals surface area contributed by atoms with Crippen LogP contribution >= 0.6 is 0 Å². The fourth-order valence-electron chi connectivity index (χ4n) is 2.96. The van der Waals surface area contributed by atoms with Crippen LogP contribution in [-0.2, 0) is 0 Å². The van der Waals surface area contributed by atoms with E-state index in [1.54, 1.807) is 0 Å². The standard InChI is InChI=1S/C14H31N3/c1-12(2)16(5)14(11-15)7-6-9-17(10-8-14)13(3)4/h12-13H,6-11,15H2,1-5H3. The summed E-state index contributed by atoms with van der Waals surface area (Å²) in [6.07, 6.45) is 3.71. The maximum absolute atomic E-state index is 6.11. The zero-order valence-electron chi connectivity index (χ0n) is 12.4. The van der Waals surface area contributed by atoms with Crippen LogP contribution in [0.1, 0.15) is 47.0 Å². The average Bonchev–Trinajstić information content (AvgIpc) is 2.51. The van der Waals surface area contributed by atoms with Gasteiger partial charge in [-0.15, -0.1) is 0 Å². The molecule has 1 aliphatic rings. The Kier molecular flexibility index (Phi) is 5.42. The molecule has 0 aliphatic carbocycles. The van der Waals surface area contributed by atoms with Gasteiger partial charge in [-0.3, -0.25) is 4.90 Å². The first kappa shape index (κ1) is 14.9. The molecule has 1 saturated heterocycles. The molecule has 1 unspecified atom stereocenters. The summed E-state index contributed by atoms with van der Waals surface area (Å²) < 4.78 is 0. The number of likely N-dealkylation sites (N-methyl/N-ethyl adjacent to an activating group) is 1. The fraction of sp³-hybridized carbons (Fsp3) is 1.00. The maximum atomic E-state index is 6.11. The van der Waals surface area contributed by atoms with Gasteiger partial charge in [-0.2, -0.15) is 0 Å². The topological polar surface area (TPSA) is 32.5 Å². The molecule has 102 valence electrons. The number of rotatable bonds is 4. The quantitative estimate of drug-likeness (QED) is 0.816. The van der Waals surface area contributed by atoms with Gasteiger partial charge in [-0.1, -0.05) is 0 Å². The van der Waals surface area contributed by atoms with Crippen LogP contribution in [0.15, 0.2) is 0 Å². The molecule has 0 saturated carbocycles. The molecular weight excluding hydrogens is 210 g/mol. The smallest absolute Gasteiger partial charge is 0.0344 e. The van der Waals surface area contributed by atoms with E-state index >= 15 is 0 Å². The first-order valence-corrected chi connectivity index (χ1v) is 7.10. The van der Waals surface area contributed by atoms with E-state index in [1.165, 1.54) is 32.4 Å². The van der Waals surface area contributed by atoms with Gasteiger partial charge in [0.1, 0.15) is 0 Å². The first-order chi connectivity index (χ1) is 7.93. The van der Waals surface area contributed by atoms with Crippen molar-refractivity contribution in [2.45, 2.75) is 64.6 Å². The van der Waals surface area contributed by atoms with E-state index in [0.717, 1.165) is 6.54 Å². The molecular formula is C14H31N3. The minimum atomic E-state index is 0.220. The van der Waals surface area contributed by atoms with Gasteiger partial charge in [-0.05, 0) is 60.5 Å². The Hall–Kier alpha value is -0.120. The molecule has 1 heterocycles. The van der Waals surface area contributed by atoms with Crippen molar-refractivity contribution >= 4 is 0 Å². The van der Waals surface area contributed by atoms with Crippen molar-refractivity contribution in [3.8, 4) is 0 Å². The van der Waals surface area contributed by atoms with E-state index in [2.05, 4.69) is 44.5 Å². The Morgan fingerprint density at radius 3 is 2.29 bits per heavy atom. The lowest BCUT2D eigenvalue weighted by molar-refractivity contribution is 0.0754. The molecule has 17 heavy (non-hydrogen) atoms. The van der Waals surface area contributed by atoms with Crippen molar-refractivity contribution in [2.75, 3.05) is 26.7 Å². The molecule has 1 aliphatic heterocycles. The molecule has 0 aromatic heterocycles. The Bertz CT molecular complexity index is 228. The van der Waals surface area contributed by atoms with Crippen molar-refractivity contribution in [1.82, 2.24) is 9.80 Å².